The maximum absolute atomic E-state index is 12.0. The number of amides is 1. The molecule has 0 aromatic rings. The van der Waals surface area contributed by atoms with Crippen LogP contribution in [-0.4, -0.2) is 30.7 Å². The molecule has 0 aromatic carbocycles. The van der Waals surface area contributed by atoms with E-state index >= 15 is 0 Å². The Kier molecular flexibility index (Phi) is 4.78. The van der Waals surface area contributed by atoms with E-state index < -0.39 is 5.54 Å². The molecule has 0 radical (unpaired) electrons. The van der Waals surface area contributed by atoms with Gasteiger partial charge in [0.2, 0.25) is 5.91 Å². The number of nitrogens with one attached hydrogen (secondary N) is 1. The molecule has 1 saturated heterocycles. The minimum Gasteiger partial charge on any atom is -0.381 e. The average molecular weight is 224 g/mol. The normalized spacial score (nSPS) is 20.8. The van der Waals surface area contributed by atoms with E-state index in [2.05, 4.69) is 11.2 Å². The number of hydrogen-bond acceptors (Lipinski definition) is 3. The van der Waals surface area contributed by atoms with Crippen LogP contribution in [0.1, 0.15) is 32.6 Å². The zero-order valence-electron chi connectivity index (χ0n) is 9.79. The Hall–Kier alpha value is -1.05. The molecule has 1 aliphatic heterocycles. The number of terminal acetylenes is 1. The molecule has 1 unspecified atom stereocenters. The van der Waals surface area contributed by atoms with Crippen molar-refractivity contribution in [2.24, 2.45) is 5.73 Å². The van der Waals surface area contributed by atoms with Gasteiger partial charge in [-0.25, -0.2) is 0 Å². The van der Waals surface area contributed by atoms with Crippen molar-refractivity contribution in [3.8, 4) is 12.3 Å². The second-order valence-corrected chi connectivity index (χ2v) is 4.25. The van der Waals surface area contributed by atoms with Crippen molar-refractivity contribution in [1.82, 2.24) is 5.32 Å². The van der Waals surface area contributed by atoms with Gasteiger partial charge < -0.3 is 15.8 Å². The number of ether oxygens (including phenoxy) is 1. The quantitative estimate of drug-likeness (QED) is 0.680. The number of nitrogens with two attached hydrogens (primary N) is 1. The predicted octanol–water partition coefficient (Wildman–Crippen LogP) is 0.412. The van der Waals surface area contributed by atoms with Crippen LogP contribution in [-0.2, 0) is 9.53 Å². The zero-order chi connectivity index (χ0) is 12.0. The molecule has 1 aliphatic rings. The van der Waals surface area contributed by atoms with Gasteiger partial charge in [-0.1, -0.05) is 19.3 Å². The molecule has 0 saturated carbocycles. The summed E-state index contributed by atoms with van der Waals surface area (Å²) in [4.78, 5) is 12.0. The molecule has 3 N–H and O–H groups in total. The SMILES string of the molecule is C#CC(CCC)NC(=O)C1(N)CCOCC1. The van der Waals surface area contributed by atoms with E-state index in [-0.39, 0.29) is 11.9 Å². The summed E-state index contributed by atoms with van der Waals surface area (Å²) in [6.07, 6.45) is 8.19. The highest BCUT2D eigenvalue weighted by molar-refractivity contribution is 5.86. The minimum atomic E-state index is -0.804. The highest BCUT2D eigenvalue weighted by Gasteiger charge is 2.36. The standard InChI is InChI=1S/C12H20N2O2/c1-3-5-10(4-2)14-11(15)12(13)6-8-16-9-7-12/h2,10H,3,5-9,13H2,1H3,(H,14,15). The lowest BCUT2D eigenvalue weighted by Gasteiger charge is -2.32. The first kappa shape index (κ1) is 13.0. The Morgan fingerprint density at radius 3 is 2.75 bits per heavy atom. The fraction of sp³-hybridized carbons (Fsp3) is 0.750. The van der Waals surface area contributed by atoms with Crippen LogP contribution in [0, 0.1) is 12.3 Å². The first-order chi connectivity index (χ1) is 7.62. The van der Waals surface area contributed by atoms with Crippen LogP contribution in [0.3, 0.4) is 0 Å². The first-order valence-electron chi connectivity index (χ1n) is 5.76. The Morgan fingerprint density at radius 1 is 1.62 bits per heavy atom. The van der Waals surface area contributed by atoms with Crippen LogP contribution < -0.4 is 11.1 Å². The van der Waals surface area contributed by atoms with Gasteiger partial charge in [0, 0.05) is 13.2 Å². The second-order valence-electron chi connectivity index (χ2n) is 4.25. The molecule has 0 spiro atoms. The smallest absolute Gasteiger partial charge is 0.241 e. The maximum Gasteiger partial charge on any atom is 0.241 e. The van der Waals surface area contributed by atoms with Crippen molar-refractivity contribution in [3.05, 3.63) is 0 Å². The second kappa shape index (κ2) is 5.88. The van der Waals surface area contributed by atoms with Gasteiger partial charge in [0.15, 0.2) is 0 Å². The monoisotopic (exact) mass is 224 g/mol. The van der Waals surface area contributed by atoms with E-state index in [1.165, 1.54) is 0 Å². The lowest BCUT2D eigenvalue weighted by Crippen LogP contribution is -2.58. The van der Waals surface area contributed by atoms with Gasteiger partial charge in [-0.3, -0.25) is 4.79 Å². The first-order valence-corrected chi connectivity index (χ1v) is 5.76. The van der Waals surface area contributed by atoms with Crippen molar-refractivity contribution in [3.63, 3.8) is 0 Å². The fourth-order valence-electron chi connectivity index (χ4n) is 1.75. The third-order valence-corrected chi connectivity index (χ3v) is 2.92. The molecule has 4 heteroatoms. The zero-order valence-corrected chi connectivity index (χ0v) is 9.79. The van der Waals surface area contributed by atoms with Gasteiger partial charge in [0.05, 0.1) is 11.6 Å². The van der Waals surface area contributed by atoms with Crippen LogP contribution in [0.15, 0.2) is 0 Å². The molecule has 90 valence electrons. The summed E-state index contributed by atoms with van der Waals surface area (Å²) in [5, 5.41) is 2.82. The summed E-state index contributed by atoms with van der Waals surface area (Å²) >= 11 is 0. The highest BCUT2D eigenvalue weighted by Crippen LogP contribution is 2.18. The van der Waals surface area contributed by atoms with E-state index in [9.17, 15) is 4.79 Å². The van der Waals surface area contributed by atoms with Crippen molar-refractivity contribution in [2.75, 3.05) is 13.2 Å². The lowest BCUT2D eigenvalue weighted by molar-refractivity contribution is -0.130. The van der Waals surface area contributed by atoms with Gasteiger partial charge in [-0.2, -0.15) is 0 Å². The topological polar surface area (TPSA) is 64.4 Å². The van der Waals surface area contributed by atoms with Crippen molar-refractivity contribution < 1.29 is 9.53 Å². The minimum absolute atomic E-state index is 0.146. The largest absolute Gasteiger partial charge is 0.381 e. The maximum atomic E-state index is 12.0. The van der Waals surface area contributed by atoms with Crippen LogP contribution in [0.5, 0.6) is 0 Å². The van der Waals surface area contributed by atoms with E-state index in [0.717, 1.165) is 12.8 Å². The van der Waals surface area contributed by atoms with E-state index in [0.29, 0.717) is 26.1 Å². The average Bonchev–Trinajstić information content (AvgIpc) is 2.29. The molecule has 1 amide bonds. The highest BCUT2D eigenvalue weighted by atomic mass is 16.5. The Labute approximate surface area is 96.9 Å². The molecule has 1 rings (SSSR count). The summed E-state index contributed by atoms with van der Waals surface area (Å²) in [6, 6.07) is -0.208. The van der Waals surface area contributed by atoms with Gasteiger partial charge in [-0.05, 0) is 19.3 Å². The third-order valence-electron chi connectivity index (χ3n) is 2.92. The van der Waals surface area contributed by atoms with Crippen LogP contribution in [0.4, 0.5) is 0 Å². The van der Waals surface area contributed by atoms with Crippen LogP contribution in [0.2, 0.25) is 0 Å². The molecular formula is C12H20N2O2. The van der Waals surface area contributed by atoms with Crippen molar-refractivity contribution in [1.29, 1.82) is 0 Å². The summed E-state index contributed by atoms with van der Waals surface area (Å²) < 4.78 is 5.19. The van der Waals surface area contributed by atoms with E-state index in [1.54, 1.807) is 0 Å². The Balaban J connectivity index is 2.53. The number of carbonyl (C=O) groups excluding carboxylic acids is 1. The van der Waals surface area contributed by atoms with Crippen molar-refractivity contribution in [2.45, 2.75) is 44.2 Å². The van der Waals surface area contributed by atoms with E-state index in [1.807, 2.05) is 6.92 Å². The molecule has 1 atom stereocenters. The summed E-state index contributed by atoms with van der Waals surface area (Å²) in [7, 11) is 0. The molecule has 4 nitrogen and oxygen atoms in total. The number of rotatable bonds is 4. The van der Waals surface area contributed by atoms with Crippen molar-refractivity contribution >= 4 is 5.91 Å². The van der Waals surface area contributed by atoms with Gasteiger partial charge in [0.1, 0.15) is 0 Å². The summed E-state index contributed by atoms with van der Waals surface area (Å²) in [5.74, 6) is 2.43. The van der Waals surface area contributed by atoms with E-state index in [4.69, 9.17) is 16.9 Å². The van der Waals surface area contributed by atoms with Gasteiger partial charge in [0.25, 0.3) is 0 Å². The van der Waals surface area contributed by atoms with Gasteiger partial charge >= 0.3 is 0 Å². The molecule has 0 bridgehead atoms. The molecule has 0 aromatic heterocycles. The number of carbonyl (C=O) groups is 1. The molecule has 16 heavy (non-hydrogen) atoms. The fourth-order valence-corrected chi connectivity index (χ4v) is 1.75. The van der Waals surface area contributed by atoms with Gasteiger partial charge in [-0.15, -0.1) is 6.42 Å². The lowest BCUT2D eigenvalue weighted by atomic mass is 9.90. The third kappa shape index (κ3) is 3.22. The Bertz CT molecular complexity index is 277. The summed E-state index contributed by atoms with van der Waals surface area (Å²) in [5.41, 5.74) is 5.24. The number of hydrogen-bond donors (Lipinski definition) is 2. The molecule has 0 aliphatic carbocycles. The molecular weight excluding hydrogens is 204 g/mol. The molecule has 1 heterocycles. The van der Waals surface area contributed by atoms with Crippen LogP contribution >= 0.6 is 0 Å². The predicted molar refractivity (Wildman–Crippen MR) is 62.6 cm³/mol. The van der Waals surface area contributed by atoms with Crippen LogP contribution in [0.25, 0.3) is 0 Å². The Morgan fingerprint density at radius 2 is 2.25 bits per heavy atom. The molecule has 1 fully saturated rings. The summed E-state index contributed by atoms with van der Waals surface area (Å²) in [6.45, 7) is 3.11.